The second-order valence-corrected chi connectivity index (χ2v) is 5.02. The number of rotatable bonds is 2. The molecule has 1 aliphatic rings. The Bertz CT molecular complexity index is 541. The molecule has 1 unspecified atom stereocenters. The van der Waals surface area contributed by atoms with Gasteiger partial charge in [0.15, 0.2) is 5.82 Å². The van der Waals surface area contributed by atoms with Gasteiger partial charge in [-0.3, -0.25) is 0 Å². The fourth-order valence-corrected chi connectivity index (χ4v) is 2.48. The van der Waals surface area contributed by atoms with Gasteiger partial charge in [0, 0.05) is 31.3 Å². The lowest BCUT2D eigenvalue weighted by molar-refractivity contribution is 0.411. The van der Waals surface area contributed by atoms with E-state index < -0.39 is 0 Å². The van der Waals surface area contributed by atoms with E-state index in [0.29, 0.717) is 0 Å². The monoisotopic (exact) mass is 242 g/mol. The molecule has 1 aromatic carbocycles. The Balaban J connectivity index is 1.97. The first-order chi connectivity index (χ1) is 8.78. The standard InChI is InChI=1S/C14H18N4/c1-10-7-8-18-13(9-10)16-17-14(18)11-3-5-12(15-2)6-4-11/h3-6,10,15H,7-9H2,1-2H3. The van der Waals surface area contributed by atoms with E-state index >= 15 is 0 Å². The first-order valence-corrected chi connectivity index (χ1v) is 6.48. The SMILES string of the molecule is CNc1ccc(-c2nnc3n2CCC(C)C3)cc1. The summed E-state index contributed by atoms with van der Waals surface area (Å²) >= 11 is 0. The van der Waals surface area contributed by atoms with Crippen molar-refractivity contribution in [3.05, 3.63) is 30.1 Å². The molecule has 3 rings (SSSR count). The van der Waals surface area contributed by atoms with Crippen LogP contribution in [0.15, 0.2) is 24.3 Å². The van der Waals surface area contributed by atoms with Gasteiger partial charge < -0.3 is 9.88 Å². The summed E-state index contributed by atoms with van der Waals surface area (Å²) in [6.45, 7) is 3.31. The predicted octanol–water partition coefficient (Wildman–Crippen LogP) is 2.57. The molecular formula is C14H18N4. The molecule has 4 nitrogen and oxygen atoms in total. The number of anilines is 1. The lowest BCUT2D eigenvalue weighted by Crippen LogP contribution is -2.17. The minimum atomic E-state index is 0.723. The minimum Gasteiger partial charge on any atom is -0.388 e. The van der Waals surface area contributed by atoms with Crippen molar-refractivity contribution >= 4 is 5.69 Å². The van der Waals surface area contributed by atoms with Crippen molar-refractivity contribution in [3.63, 3.8) is 0 Å². The van der Waals surface area contributed by atoms with Gasteiger partial charge in [0.25, 0.3) is 0 Å². The Labute approximate surface area is 107 Å². The van der Waals surface area contributed by atoms with Gasteiger partial charge in [-0.1, -0.05) is 6.92 Å². The van der Waals surface area contributed by atoms with E-state index in [0.717, 1.165) is 41.8 Å². The molecule has 0 amide bonds. The average Bonchev–Trinajstić information content (AvgIpc) is 2.81. The molecule has 18 heavy (non-hydrogen) atoms. The van der Waals surface area contributed by atoms with Crippen molar-refractivity contribution in [2.75, 3.05) is 12.4 Å². The third-order valence-electron chi connectivity index (χ3n) is 3.64. The lowest BCUT2D eigenvalue weighted by atomic mass is 10.00. The smallest absolute Gasteiger partial charge is 0.163 e. The zero-order chi connectivity index (χ0) is 12.5. The number of benzene rings is 1. The van der Waals surface area contributed by atoms with Crippen molar-refractivity contribution in [1.82, 2.24) is 14.8 Å². The van der Waals surface area contributed by atoms with E-state index in [1.165, 1.54) is 6.42 Å². The molecule has 0 spiro atoms. The zero-order valence-electron chi connectivity index (χ0n) is 10.8. The van der Waals surface area contributed by atoms with Crippen LogP contribution in [0, 0.1) is 5.92 Å². The number of aromatic nitrogens is 3. The minimum absolute atomic E-state index is 0.723. The summed E-state index contributed by atoms with van der Waals surface area (Å²) in [5.74, 6) is 2.85. The van der Waals surface area contributed by atoms with Crippen LogP contribution in [-0.2, 0) is 13.0 Å². The highest BCUT2D eigenvalue weighted by atomic mass is 15.3. The van der Waals surface area contributed by atoms with E-state index in [4.69, 9.17) is 0 Å². The van der Waals surface area contributed by atoms with Gasteiger partial charge in [-0.05, 0) is 36.6 Å². The molecule has 0 saturated heterocycles. The van der Waals surface area contributed by atoms with Crippen LogP contribution in [0.4, 0.5) is 5.69 Å². The van der Waals surface area contributed by atoms with E-state index in [2.05, 4.69) is 51.3 Å². The first kappa shape index (κ1) is 11.3. The van der Waals surface area contributed by atoms with Crippen LogP contribution < -0.4 is 5.32 Å². The van der Waals surface area contributed by atoms with E-state index in [9.17, 15) is 0 Å². The number of nitrogens with one attached hydrogen (secondary N) is 1. The van der Waals surface area contributed by atoms with Gasteiger partial charge in [0.1, 0.15) is 5.82 Å². The highest BCUT2D eigenvalue weighted by Crippen LogP contribution is 2.26. The molecule has 0 radical (unpaired) electrons. The molecule has 0 bridgehead atoms. The number of hydrogen-bond donors (Lipinski definition) is 1. The average molecular weight is 242 g/mol. The summed E-state index contributed by atoms with van der Waals surface area (Å²) in [4.78, 5) is 0. The van der Waals surface area contributed by atoms with Crippen LogP contribution in [0.1, 0.15) is 19.2 Å². The Morgan fingerprint density at radius 3 is 2.72 bits per heavy atom. The molecular weight excluding hydrogens is 224 g/mol. The van der Waals surface area contributed by atoms with E-state index in [1.807, 2.05) is 7.05 Å². The van der Waals surface area contributed by atoms with Gasteiger partial charge in [0.05, 0.1) is 0 Å². The molecule has 1 N–H and O–H groups in total. The molecule has 2 heterocycles. The maximum absolute atomic E-state index is 4.35. The fourth-order valence-electron chi connectivity index (χ4n) is 2.48. The van der Waals surface area contributed by atoms with Crippen molar-refractivity contribution in [2.45, 2.75) is 26.3 Å². The Hall–Kier alpha value is -1.84. The molecule has 94 valence electrons. The first-order valence-electron chi connectivity index (χ1n) is 6.48. The van der Waals surface area contributed by atoms with Crippen LogP contribution in [-0.4, -0.2) is 21.8 Å². The van der Waals surface area contributed by atoms with Crippen LogP contribution in [0.3, 0.4) is 0 Å². The van der Waals surface area contributed by atoms with Gasteiger partial charge in [0.2, 0.25) is 0 Å². The Morgan fingerprint density at radius 1 is 1.22 bits per heavy atom. The largest absolute Gasteiger partial charge is 0.388 e. The summed E-state index contributed by atoms with van der Waals surface area (Å²) in [6, 6.07) is 8.34. The zero-order valence-corrected chi connectivity index (χ0v) is 10.8. The van der Waals surface area contributed by atoms with Gasteiger partial charge in [-0.2, -0.15) is 0 Å². The molecule has 4 heteroatoms. The topological polar surface area (TPSA) is 42.7 Å². The van der Waals surface area contributed by atoms with Gasteiger partial charge in [-0.25, -0.2) is 0 Å². The lowest BCUT2D eigenvalue weighted by Gasteiger charge is -2.20. The fraction of sp³-hybridized carbons (Fsp3) is 0.429. The van der Waals surface area contributed by atoms with Crippen LogP contribution in [0.2, 0.25) is 0 Å². The normalized spacial score (nSPS) is 18.4. The predicted molar refractivity (Wildman–Crippen MR) is 72.5 cm³/mol. The van der Waals surface area contributed by atoms with Crippen molar-refractivity contribution < 1.29 is 0 Å². The summed E-state index contributed by atoms with van der Waals surface area (Å²) < 4.78 is 2.26. The third kappa shape index (κ3) is 1.88. The third-order valence-corrected chi connectivity index (χ3v) is 3.64. The van der Waals surface area contributed by atoms with E-state index in [1.54, 1.807) is 0 Å². The highest BCUT2D eigenvalue weighted by Gasteiger charge is 2.20. The quantitative estimate of drug-likeness (QED) is 0.880. The van der Waals surface area contributed by atoms with Gasteiger partial charge >= 0.3 is 0 Å². The second kappa shape index (κ2) is 4.44. The maximum Gasteiger partial charge on any atom is 0.163 e. The van der Waals surface area contributed by atoms with Crippen molar-refractivity contribution in [1.29, 1.82) is 0 Å². The molecule has 0 fully saturated rings. The molecule has 2 aromatic rings. The van der Waals surface area contributed by atoms with E-state index in [-0.39, 0.29) is 0 Å². The molecule has 0 aliphatic carbocycles. The number of hydrogen-bond acceptors (Lipinski definition) is 3. The summed E-state index contributed by atoms with van der Waals surface area (Å²) in [6.07, 6.45) is 2.26. The van der Waals surface area contributed by atoms with Crippen LogP contribution in [0.25, 0.3) is 11.4 Å². The molecule has 0 saturated carbocycles. The highest BCUT2D eigenvalue weighted by molar-refractivity contribution is 5.60. The Kier molecular flexibility index (Phi) is 2.78. The van der Waals surface area contributed by atoms with Gasteiger partial charge in [-0.15, -0.1) is 10.2 Å². The Morgan fingerprint density at radius 2 is 2.00 bits per heavy atom. The van der Waals surface area contributed by atoms with Crippen LogP contribution in [0.5, 0.6) is 0 Å². The second-order valence-electron chi connectivity index (χ2n) is 5.02. The maximum atomic E-state index is 4.35. The van der Waals surface area contributed by atoms with Crippen LogP contribution >= 0.6 is 0 Å². The molecule has 1 atom stereocenters. The van der Waals surface area contributed by atoms with Crippen molar-refractivity contribution in [2.24, 2.45) is 5.92 Å². The molecule has 1 aliphatic heterocycles. The summed E-state index contributed by atoms with van der Waals surface area (Å²) in [5.41, 5.74) is 2.26. The summed E-state index contributed by atoms with van der Waals surface area (Å²) in [7, 11) is 1.93. The van der Waals surface area contributed by atoms with Crippen molar-refractivity contribution in [3.8, 4) is 11.4 Å². The number of fused-ring (bicyclic) bond motifs is 1. The number of nitrogens with zero attached hydrogens (tertiary/aromatic N) is 3. The molecule has 1 aromatic heterocycles. The summed E-state index contributed by atoms with van der Waals surface area (Å²) in [5, 5.41) is 11.8.